The number of hydrogen-bond donors (Lipinski definition) is 0. The van der Waals surface area contributed by atoms with E-state index < -0.39 is 11.7 Å². The van der Waals surface area contributed by atoms with Crippen molar-refractivity contribution in [3.05, 3.63) is 80.0 Å². The summed E-state index contributed by atoms with van der Waals surface area (Å²) >= 11 is 6.16. The van der Waals surface area contributed by atoms with Gasteiger partial charge in [-0.15, -0.1) is 0 Å². The van der Waals surface area contributed by atoms with Crippen LogP contribution < -0.4 is 11.2 Å². The Bertz CT molecular complexity index is 1180. The number of rotatable bonds is 4. The fourth-order valence-corrected chi connectivity index (χ4v) is 4.11. The summed E-state index contributed by atoms with van der Waals surface area (Å²) in [6.45, 7) is 3.24. The number of fused-ring (bicyclic) bond motifs is 1. The summed E-state index contributed by atoms with van der Waals surface area (Å²) < 4.78 is 2.60. The van der Waals surface area contributed by atoms with E-state index in [1.54, 1.807) is 30.0 Å². The molecule has 29 heavy (non-hydrogen) atoms. The molecule has 1 atom stereocenters. The summed E-state index contributed by atoms with van der Waals surface area (Å²) in [5.41, 5.74) is 0.332. The van der Waals surface area contributed by atoms with Gasteiger partial charge in [0.2, 0.25) is 5.91 Å². The molecule has 1 aliphatic heterocycles. The van der Waals surface area contributed by atoms with Crippen molar-refractivity contribution in [2.45, 2.75) is 32.4 Å². The van der Waals surface area contributed by atoms with Crippen molar-refractivity contribution in [3.8, 4) is 0 Å². The first-order chi connectivity index (χ1) is 14.0. The summed E-state index contributed by atoms with van der Waals surface area (Å²) in [5.74, 6) is -0.115. The predicted octanol–water partition coefficient (Wildman–Crippen LogP) is 3.05. The van der Waals surface area contributed by atoms with Crippen LogP contribution >= 0.6 is 11.6 Å². The van der Waals surface area contributed by atoms with Crippen LogP contribution in [0.4, 0.5) is 0 Å². The molecule has 0 unspecified atom stereocenters. The number of hydrogen-bond acceptors (Lipinski definition) is 3. The summed E-state index contributed by atoms with van der Waals surface area (Å²) in [7, 11) is 0. The van der Waals surface area contributed by atoms with Gasteiger partial charge in [0.15, 0.2) is 0 Å². The van der Waals surface area contributed by atoms with E-state index >= 15 is 0 Å². The van der Waals surface area contributed by atoms with Crippen LogP contribution in [0.3, 0.4) is 0 Å². The van der Waals surface area contributed by atoms with E-state index in [4.69, 9.17) is 11.6 Å². The van der Waals surface area contributed by atoms with E-state index in [0.29, 0.717) is 29.0 Å². The zero-order chi connectivity index (χ0) is 20.5. The van der Waals surface area contributed by atoms with Crippen molar-refractivity contribution in [1.82, 2.24) is 14.0 Å². The van der Waals surface area contributed by atoms with Crippen LogP contribution in [0, 0.1) is 0 Å². The highest BCUT2D eigenvalue weighted by atomic mass is 35.5. The maximum atomic E-state index is 13.4. The standard InChI is InChI=1S/C22H22ClN3O3/c1-15(20(27)24-11-5-6-12-24)26-19-13-17(23)9-10-18(19)21(28)25(22(26)29)14-16-7-3-2-4-8-16/h2-4,7-10,13,15H,5-6,11-12,14H2,1H3/t15-/m0/s1. The first-order valence-electron chi connectivity index (χ1n) is 9.74. The number of nitrogens with zero attached hydrogens (tertiary/aromatic N) is 3. The Kier molecular flexibility index (Phi) is 5.28. The number of likely N-dealkylation sites (tertiary alicyclic amines) is 1. The maximum Gasteiger partial charge on any atom is 0.332 e. The maximum absolute atomic E-state index is 13.4. The normalized spacial score (nSPS) is 15.0. The van der Waals surface area contributed by atoms with Crippen LogP contribution in [-0.4, -0.2) is 33.0 Å². The quantitative estimate of drug-likeness (QED) is 0.662. The second-order valence-electron chi connectivity index (χ2n) is 7.40. The first-order valence-corrected chi connectivity index (χ1v) is 10.1. The highest BCUT2D eigenvalue weighted by molar-refractivity contribution is 6.31. The molecular weight excluding hydrogens is 390 g/mol. The SMILES string of the molecule is C[C@@H](C(=O)N1CCCC1)n1c(=O)n(Cc2ccccc2)c(=O)c2ccc(Cl)cc21. The highest BCUT2D eigenvalue weighted by Gasteiger charge is 2.27. The van der Waals surface area contributed by atoms with Crippen molar-refractivity contribution < 1.29 is 4.79 Å². The molecule has 7 heteroatoms. The first kappa shape index (κ1) is 19.5. The van der Waals surface area contributed by atoms with Gasteiger partial charge in [-0.2, -0.15) is 0 Å². The Hall–Kier alpha value is -2.86. The molecule has 1 aliphatic rings. The van der Waals surface area contributed by atoms with Gasteiger partial charge >= 0.3 is 5.69 Å². The second-order valence-corrected chi connectivity index (χ2v) is 7.84. The number of aromatic nitrogens is 2. The molecule has 2 aromatic carbocycles. The van der Waals surface area contributed by atoms with Crippen molar-refractivity contribution in [2.75, 3.05) is 13.1 Å². The number of halogens is 1. The van der Waals surface area contributed by atoms with E-state index in [-0.39, 0.29) is 18.0 Å². The molecule has 1 fully saturated rings. The molecule has 3 aromatic rings. The molecule has 150 valence electrons. The smallest absolute Gasteiger partial charge is 0.332 e. The van der Waals surface area contributed by atoms with Crippen LogP contribution in [0.1, 0.15) is 31.4 Å². The predicted molar refractivity (Wildman–Crippen MR) is 114 cm³/mol. The molecule has 0 bridgehead atoms. The molecular formula is C22H22ClN3O3. The largest absolute Gasteiger partial charge is 0.341 e. The fraction of sp³-hybridized carbons (Fsp3) is 0.318. The lowest BCUT2D eigenvalue weighted by atomic mass is 10.2. The van der Waals surface area contributed by atoms with Crippen molar-refractivity contribution >= 4 is 28.4 Å². The lowest BCUT2D eigenvalue weighted by Crippen LogP contribution is -2.45. The molecule has 0 radical (unpaired) electrons. The summed E-state index contributed by atoms with van der Waals surface area (Å²) in [5, 5.41) is 0.776. The molecule has 6 nitrogen and oxygen atoms in total. The molecule has 0 saturated carbocycles. The number of carbonyl (C=O) groups excluding carboxylic acids is 1. The average Bonchev–Trinajstić information content (AvgIpc) is 3.26. The third-order valence-electron chi connectivity index (χ3n) is 5.48. The molecule has 0 aliphatic carbocycles. The van der Waals surface area contributed by atoms with Crippen LogP contribution in [0.15, 0.2) is 58.1 Å². The Balaban J connectivity index is 1.91. The third kappa shape index (κ3) is 3.60. The molecule has 1 aromatic heterocycles. The monoisotopic (exact) mass is 411 g/mol. The van der Waals surface area contributed by atoms with Gasteiger partial charge < -0.3 is 4.90 Å². The van der Waals surface area contributed by atoms with Gasteiger partial charge in [-0.1, -0.05) is 41.9 Å². The topological polar surface area (TPSA) is 64.3 Å². The zero-order valence-electron chi connectivity index (χ0n) is 16.2. The summed E-state index contributed by atoms with van der Waals surface area (Å²) in [6.07, 6.45) is 1.93. The van der Waals surface area contributed by atoms with Crippen LogP contribution in [0.25, 0.3) is 10.9 Å². The average molecular weight is 412 g/mol. The lowest BCUT2D eigenvalue weighted by Gasteiger charge is -2.24. The van der Waals surface area contributed by atoms with Crippen LogP contribution in [-0.2, 0) is 11.3 Å². The Morgan fingerprint density at radius 2 is 1.76 bits per heavy atom. The number of benzene rings is 2. The van der Waals surface area contributed by atoms with E-state index in [2.05, 4.69) is 0 Å². The molecule has 1 amide bonds. The molecule has 4 rings (SSSR count). The van der Waals surface area contributed by atoms with E-state index in [0.717, 1.165) is 18.4 Å². The Morgan fingerprint density at radius 3 is 2.45 bits per heavy atom. The van der Waals surface area contributed by atoms with Crippen molar-refractivity contribution in [2.24, 2.45) is 0 Å². The molecule has 2 heterocycles. The zero-order valence-corrected chi connectivity index (χ0v) is 16.9. The van der Waals surface area contributed by atoms with E-state index in [1.807, 2.05) is 30.3 Å². The van der Waals surface area contributed by atoms with Gasteiger partial charge in [0.05, 0.1) is 17.4 Å². The summed E-state index contributed by atoms with van der Waals surface area (Å²) in [6, 6.07) is 13.4. The molecule has 0 spiro atoms. The number of amides is 1. The van der Waals surface area contributed by atoms with Gasteiger partial charge in [-0.25, -0.2) is 4.79 Å². The highest BCUT2D eigenvalue weighted by Crippen LogP contribution is 2.21. The van der Waals surface area contributed by atoms with Gasteiger partial charge in [0.1, 0.15) is 6.04 Å². The third-order valence-corrected chi connectivity index (χ3v) is 5.71. The van der Waals surface area contributed by atoms with Gasteiger partial charge in [0, 0.05) is 18.1 Å². The van der Waals surface area contributed by atoms with Gasteiger partial charge in [-0.3, -0.25) is 18.7 Å². The van der Waals surface area contributed by atoms with E-state index in [1.165, 1.54) is 9.13 Å². The van der Waals surface area contributed by atoms with Crippen LogP contribution in [0.2, 0.25) is 5.02 Å². The minimum absolute atomic E-state index is 0.115. The second kappa shape index (κ2) is 7.87. The molecule has 0 N–H and O–H groups in total. The van der Waals surface area contributed by atoms with Gasteiger partial charge in [0.25, 0.3) is 5.56 Å². The Labute approximate surface area is 172 Å². The lowest BCUT2D eigenvalue weighted by molar-refractivity contribution is -0.133. The van der Waals surface area contributed by atoms with Crippen molar-refractivity contribution in [1.29, 1.82) is 0 Å². The minimum atomic E-state index is -0.732. The van der Waals surface area contributed by atoms with Gasteiger partial charge in [-0.05, 0) is 43.5 Å². The fourth-order valence-electron chi connectivity index (χ4n) is 3.94. The summed E-state index contributed by atoms with van der Waals surface area (Å²) in [4.78, 5) is 41.3. The minimum Gasteiger partial charge on any atom is -0.341 e. The van der Waals surface area contributed by atoms with E-state index in [9.17, 15) is 14.4 Å². The van der Waals surface area contributed by atoms with Crippen molar-refractivity contribution in [3.63, 3.8) is 0 Å². The van der Waals surface area contributed by atoms with Crippen LogP contribution in [0.5, 0.6) is 0 Å². The number of carbonyl (C=O) groups is 1. The Morgan fingerprint density at radius 1 is 1.07 bits per heavy atom. The molecule has 1 saturated heterocycles.